The molecule has 0 bridgehead atoms. The van der Waals surface area contributed by atoms with Gasteiger partial charge < -0.3 is 24.3 Å². The average molecular weight is 357 g/mol. The number of carbonyl (C=O) groups is 2. The van der Waals surface area contributed by atoms with E-state index in [1.54, 1.807) is 25.1 Å². The van der Waals surface area contributed by atoms with Crippen LogP contribution in [0, 0.1) is 6.92 Å². The van der Waals surface area contributed by atoms with Crippen LogP contribution in [0.3, 0.4) is 0 Å². The van der Waals surface area contributed by atoms with E-state index in [0.29, 0.717) is 11.3 Å². The first-order chi connectivity index (χ1) is 12.4. The summed E-state index contributed by atoms with van der Waals surface area (Å²) in [7, 11) is 1.50. The summed E-state index contributed by atoms with van der Waals surface area (Å²) in [5.74, 6) is -1.14. The number of ketones is 1. The molecule has 7 nitrogen and oxygen atoms in total. The predicted molar refractivity (Wildman–Crippen MR) is 91.9 cm³/mol. The fraction of sp³-hybridized carbons (Fsp3) is 0.263. The molecule has 1 aliphatic heterocycles. The Hall–Kier alpha value is -3.06. The van der Waals surface area contributed by atoms with Crippen LogP contribution in [0.5, 0.6) is 5.75 Å². The highest BCUT2D eigenvalue weighted by molar-refractivity contribution is 6.15. The van der Waals surface area contributed by atoms with E-state index in [9.17, 15) is 19.8 Å². The molecule has 0 spiro atoms. The SMILES string of the molecule is COCCN1C(=O)C(O)=C(C(=O)c2ccc(C)o2)[C@H]1c1ccc(O)cc1. The molecule has 0 radical (unpaired) electrons. The van der Waals surface area contributed by atoms with Crippen LogP contribution in [0.1, 0.15) is 27.9 Å². The lowest BCUT2D eigenvalue weighted by atomic mass is 9.95. The maximum absolute atomic E-state index is 12.9. The largest absolute Gasteiger partial charge is 0.508 e. The van der Waals surface area contributed by atoms with Gasteiger partial charge in [0.1, 0.15) is 11.5 Å². The summed E-state index contributed by atoms with van der Waals surface area (Å²) in [6.45, 7) is 2.14. The number of rotatable bonds is 6. The summed E-state index contributed by atoms with van der Waals surface area (Å²) in [6, 6.07) is 8.48. The zero-order valence-electron chi connectivity index (χ0n) is 14.4. The molecule has 0 aliphatic carbocycles. The maximum Gasteiger partial charge on any atom is 0.290 e. The van der Waals surface area contributed by atoms with Crippen molar-refractivity contribution in [3.8, 4) is 5.75 Å². The molecule has 0 saturated heterocycles. The zero-order valence-corrected chi connectivity index (χ0v) is 14.4. The topological polar surface area (TPSA) is 100 Å². The molecule has 1 aliphatic rings. The molecule has 2 heterocycles. The molecule has 136 valence electrons. The van der Waals surface area contributed by atoms with E-state index >= 15 is 0 Å². The molecule has 7 heteroatoms. The van der Waals surface area contributed by atoms with E-state index in [4.69, 9.17) is 9.15 Å². The lowest BCUT2D eigenvalue weighted by Crippen LogP contribution is -2.33. The standard InChI is InChI=1S/C19H19NO6/c1-11-3-8-14(26-11)17(22)15-16(12-4-6-13(21)7-5-12)20(9-10-25-2)19(24)18(15)23/h3-8,16,21,23H,9-10H2,1-2H3/t16-/m1/s1. The molecule has 0 saturated carbocycles. The molecule has 1 amide bonds. The van der Waals surface area contributed by atoms with E-state index in [0.717, 1.165) is 0 Å². The molecule has 2 aromatic rings. The van der Waals surface area contributed by atoms with Crippen molar-refractivity contribution in [1.82, 2.24) is 4.90 Å². The minimum absolute atomic E-state index is 0.0499. The number of aliphatic hydroxyl groups excluding tert-OH is 1. The number of aliphatic hydroxyl groups is 1. The van der Waals surface area contributed by atoms with Crippen LogP contribution in [-0.4, -0.2) is 47.1 Å². The number of benzene rings is 1. The minimum atomic E-state index is -0.795. The Morgan fingerprint density at radius 3 is 2.46 bits per heavy atom. The smallest absolute Gasteiger partial charge is 0.290 e. The van der Waals surface area contributed by atoms with Crippen molar-refractivity contribution in [1.29, 1.82) is 0 Å². The molecule has 0 fully saturated rings. The summed E-state index contributed by atoms with van der Waals surface area (Å²) < 4.78 is 10.4. The number of aromatic hydroxyl groups is 1. The van der Waals surface area contributed by atoms with Gasteiger partial charge in [0.15, 0.2) is 11.5 Å². The lowest BCUT2D eigenvalue weighted by molar-refractivity contribution is -0.130. The summed E-state index contributed by atoms with van der Waals surface area (Å²) in [6.07, 6.45) is 0. The molecule has 1 atom stereocenters. The lowest BCUT2D eigenvalue weighted by Gasteiger charge is -2.26. The number of phenols is 1. The van der Waals surface area contributed by atoms with Gasteiger partial charge in [-0.25, -0.2) is 0 Å². The van der Waals surface area contributed by atoms with Crippen molar-refractivity contribution < 1.29 is 29.0 Å². The molecular formula is C19H19NO6. The van der Waals surface area contributed by atoms with Crippen LogP contribution in [0.15, 0.2) is 52.1 Å². The third-order valence-electron chi connectivity index (χ3n) is 4.26. The van der Waals surface area contributed by atoms with E-state index in [-0.39, 0.29) is 30.2 Å². The summed E-state index contributed by atoms with van der Waals surface area (Å²) >= 11 is 0. The van der Waals surface area contributed by atoms with E-state index < -0.39 is 23.5 Å². The molecule has 26 heavy (non-hydrogen) atoms. The number of phenolic OH excluding ortho intramolecular Hbond substituents is 1. The summed E-state index contributed by atoms with van der Waals surface area (Å²) in [4.78, 5) is 26.8. The van der Waals surface area contributed by atoms with E-state index in [2.05, 4.69) is 0 Å². The van der Waals surface area contributed by atoms with E-state index in [1.165, 1.54) is 30.2 Å². The van der Waals surface area contributed by atoms with Crippen LogP contribution in [0.2, 0.25) is 0 Å². The third-order valence-corrected chi connectivity index (χ3v) is 4.26. The Morgan fingerprint density at radius 1 is 1.19 bits per heavy atom. The number of amides is 1. The van der Waals surface area contributed by atoms with Gasteiger partial charge in [0.2, 0.25) is 5.78 Å². The van der Waals surface area contributed by atoms with Gasteiger partial charge in [0, 0.05) is 13.7 Å². The van der Waals surface area contributed by atoms with Gasteiger partial charge >= 0.3 is 0 Å². The average Bonchev–Trinajstić information content (AvgIpc) is 3.16. The number of ether oxygens (including phenoxy) is 1. The second kappa shape index (κ2) is 7.05. The van der Waals surface area contributed by atoms with Crippen molar-refractivity contribution in [2.45, 2.75) is 13.0 Å². The Morgan fingerprint density at radius 2 is 1.88 bits per heavy atom. The second-order valence-corrected chi connectivity index (χ2v) is 5.99. The Labute approximate surface area is 150 Å². The van der Waals surface area contributed by atoms with Gasteiger partial charge in [-0.3, -0.25) is 9.59 Å². The first-order valence-corrected chi connectivity index (χ1v) is 8.07. The molecule has 2 N–H and O–H groups in total. The fourth-order valence-electron chi connectivity index (χ4n) is 3.00. The number of methoxy groups -OCH3 is 1. The van der Waals surface area contributed by atoms with Crippen LogP contribution in [0.4, 0.5) is 0 Å². The summed E-state index contributed by atoms with van der Waals surface area (Å²) in [5, 5.41) is 19.9. The normalized spacial score (nSPS) is 17.2. The number of hydrogen-bond acceptors (Lipinski definition) is 6. The number of carbonyl (C=O) groups excluding carboxylic acids is 2. The fourth-order valence-corrected chi connectivity index (χ4v) is 3.00. The monoisotopic (exact) mass is 357 g/mol. The number of nitrogens with zero attached hydrogens (tertiary/aromatic N) is 1. The first kappa shape index (κ1) is 17.8. The highest BCUT2D eigenvalue weighted by Gasteiger charge is 2.44. The molecule has 1 aromatic heterocycles. The van der Waals surface area contributed by atoms with Gasteiger partial charge in [-0.05, 0) is 36.8 Å². The number of hydrogen-bond donors (Lipinski definition) is 2. The van der Waals surface area contributed by atoms with Crippen molar-refractivity contribution in [2.75, 3.05) is 20.3 Å². The van der Waals surface area contributed by atoms with Gasteiger partial charge in [-0.15, -0.1) is 0 Å². The number of aryl methyl sites for hydroxylation is 1. The summed E-state index contributed by atoms with van der Waals surface area (Å²) in [5.41, 5.74) is 0.536. The quantitative estimate of drug-likeness (QED) is 0.771. The molecule has 1 aromatic carbocycles. The number of Topliss-reactive ketones (excluding diaryl/α,β-unsaturated/α-hetero) is 1. The van der Waals surface area contributed by atoms with Crippen molar-refractivity contribution in [3.05, 3.63) is 64.8 Å². The minimum Gasteiger partial charge on any atom is -0.508 e. The van der Waals surface area contributed by atoms with Crippen molar-refractivity contribution in [2.24, 2.45) is 0 Å². The van der Waals surface area contributed by atoms with Gasteiger partial charge in [0.05, 0.1) is 18.2 Å². The second-order valence-electron chi connectivity index (χ2n) is 5.99. The highest BCUT2D eigenvalue weighted by atomic mass is 16.5. The van der Waals surface area contributed by atoms with Crippen LogP contribution in [-0.2, 0) is 9.53 Å². The Balaban J connectivity index is 2.07. The van der Waals surface area contributed by atoms with Crippen LogP contribution >= 0.6 is 0 Å². The predicted octanol–water partition coefficient (Wildman–Crippen LogP) is 2.52. The zero-order chi connectivity index (χ0) is 18.8. The van der Waals surface area contributed by atoms with Gasteiger partial charge in [-0.2, -0.15) is 0 Å². The number of furan rings is 1. The Kier molecular flexibility index (Phi) is 4.81. The van der Waals surface area contributed by atoms with Gasteiger partial charge in [0.25, 0.3) is 5.91 Å². The third kappa shape index (κ3) is 3.09. The van der Waals surface area contributed by atoms with Crippen molar-refractivity contribution >= 4 is 11.7 Å². The molecule has 3 rings (SSSR count). The van der Waals surface area contributed by atoms with Crippen LogP contribution in [0.25, 0.3) is 0 Å². The molecule has 0 unspecified atom stereocenters. The Bertz CT molecular complexity index is 864. The van der Waals surface area contributed by atoms with Gasteiger partial charge in [-0.1, -0.05) is 12.1 Å². The van der Waals surface area contributed by atoms with Crippen LogP contribution < -0.4 is 0 Å². The maximum atomic E-state index is 12.9. The molecular weight excluding hydrogens is 338 g/mol. The van der Waals surface area contributed by atoms with E-state index in [1.807, 2.05) is 0 Å². The highest BCUT2D eigenvalue weighted by Crippen LogP contribution is 2.39. The first-order valence-electron chi connectivity index (χ1n) is 8.07. The van der Waals surface area contributed by atoms with Crippen molar-refractivity contribution in [3.63, 3.8) is 0 Å².